The monoisotopic (exact) mass is 320 g/mol. The van der Waals surface area contributed by atoms with Crippen LogP contribution in [0.3, 0.4) is 0 Å². The Labute approximate surface area is 130 Å². The van der Waals surface area contributed by atoms with Crippen LogP contribution in [0.4, 0.5) is 5.69 Å². The summed E-state index contributed by atoms with van der Waals surface area (Å²) in [4.78, 5) is 11.5. The van der Waals surface area contributed by atoms with Gasteiger partial charge in [0.05, 0.1) is 11.0 Å². The molecule has 0 aromatic heterocycles. The van der Waals surface area contributed by atoms with Gasteiger partial charge in [0.1, 0.15) is 0 Å². The third kappa shape index (κ3) is 2.04. The molecule has 6 heteroatoms. The number of hydrogen-bond acceptors (Lipinski definition) is 4. The molecule has 2 aliphatic heterocycles. The minimum Gasteiger partial charge on any atom is -0.384 e. The number of carbonyl (C=O) groups excluding carboxylic acids is 1. The predicted octanol–water partition coefficient (Wildman–Crippen LogP) is 1.44. The average molecular weight is 320 g/mol. The zero-order valence-corrected chi connectivity index (χ0v) is 13.2. The molecule has 2 unspecified atom stereocenters. The molecule has 4 rings (SSSR count). The Kier molecular flexibility index (Phi) is 2.86. The molecule has 0 bridgehead atoms. The van der Waals surface area contributed by atoms with Crippen LogP contribution >= 0.6 is 0 Å². The smallest absolute Gasteiger partial charge is 0.248 e. The maximum atomic E-state index is 12.4. The van der Waals surface area contributed by atoms with Crippen LogP contribution in [0.1, 0.15) is 41.6 Å². The van der Waals surface area contributed by atoms with E-state index in [0.717, 1.165) is 30.6 Å². The Bertz CT molecular complexity index is 755. The van der Waals surface area contributed by atoms with Crippen LogP contribution in [0.2, 0.25) is 0 Å². The maximum Gasteiger partial charge on any atom is 0.248 e. The largest absolute Gasteiger partial charge is 0.384 e. The van der Waals surface area contributed by atoms with Gasteiger partial charge < -0.3 is 11.1 Å². The molecule has 3 N–H and O–H groups in total. The first-order valence-electron chi connectivity index (χ1n) is 7.81. The van der Waals surface area contributed by atoms with Crippen molar-refractivity contribution in [1.29, 1.82) is 0 Å². The van der Waals surface area contributed by atoms with E-state index in [4.69, 9.17) is 5.73 Å². The van der Waals surface area contributed by atoms with E-state index in [1.54, 1.807) is 6.07 Å². The summed E-state index contributed by atoms with van der Waals surface area (Å²) in [6, 6.07) is 5.48. The van der Waals surface area contributed by atoms with Gasteiger partial charge in [-0.3, -0.25) is 4.79 Å². The SMILES string of the molecule is NC(=O)c1ccc2c(c1)C1(CCS(=O)(=O)C(C3CC3)C1)CN2. The van der Waals surface area contributed by atoms with Gasteiger partial charge in [-0.15, -0.1) is 0 Å². The third-order valence-corrected chi connectivity index (χ3v) is 7.81. The number of primary amides is 1. The van der Waals surface area contributed by atoms with Gasteiger partial charge in [0.25, 0.3) is 0 Å². The van der Waals surface area contributed by atoms with Crippen LogP contribution in [0.5, 0.6) is 0 Å². The number of benzene rings is 1. The lowest BCUT2D eigenvalue weighted by Crippen LogP contribution is -2.45. The molecule has 3 aliphatic rings. The van der Waals surface area contributed by atoms with Gasteiger partial charge >= 0.3 is 0 Å². The van der Waals surface area contributed by atoms with E-state index in [9.17, 15) is 13.2 Å². The molecule has 5 nitrogen and oxygen atoms in total. The highest BCUT2D eigenvalue weighted by atomic mass is 32.2. The number of rotatable bonds is 2. The standard InChI is InChI=1S/C16H20N2O3S/c17-15(19)11-3-4-13-12(7-11)16(9-18-13)5-6-22(20,21)14(8-16)10-1-2-10/h3-4,7,10,14,18H,1-2,5-6,8-9H2,(H2,17,19). The van der Waals surface area contributed by atoms with Crippen molar-refractivity contribution in [1.82, 2.24) is 0 Å². The normalized spacial score (nSPS) is 32.5. The van der Waals surface area contributed by atoms with E-state index in [1.165, 1.54) is 0 Å². The van der Waals surface area contributed by atoms with Gasteiger partial charge in [0.15, 0.2) is 9.84 Å². The lowest BCUT2D eigenvalue weighted by Gasteiger charge is -2.38. The fourth-order valence-electron chi connectivity index (χ4n) is 4.09. The van der Waals surface area contributed by atoms with Crippen molar-refractivity contribution in [2.45, 2.75) is 36.3 Å². The molecule has 0 radical (unpaired) electrons. The molecule has 1 spiro atoms. The highest BCUT2D eigenvalue weighted by molar-refractivity contribution is 7.92. The van der Waals surface area contributed by atoms with Crippen LogP contribution in [-0.4, -0.2) is 31.9 Å². The number of hydrogen-bond donors (Lipinski definition) is 2. The zero-order valence-electron chi connectivity index (χ0n) is 12.3. The number of nitrogens with two attached hydrogens (primary N) is 1. The molecule has 1 saturated carbocycles. The molecule has 118 valence electrons. The van der Waals surface area contributed by atoms with Crippen LogP contribution in [0.15, 0.2) is 18.2 Å². The Morgan fingerprint density at radius 2 is 2.09 bits per heavy atom. The fraction of sp³-hybridized carbons (Fsp3) is 0.562. The second-order valence-corrected chi connectivity index (χ2v) is 9.29. The number of nitrogens with one attached hydrogen (secondary N) is 1. The summed E-state index contributed by atoms with van der Waals surface area (Å²) < 4.78 is 24.8. The van der Waals surface area contributed by atoms with Gasteiger partial charge in [-0.25, -0.2) is 8.42 Å². The Balaban J connectivity index is 1.75. The lowest BCUT2D eigenvalue weighted by molar-refractivity contribution is 0.1000. The highest BCUT2D eigenvalue weighted by Crippen LogP contribution is 2.51. The zero-order chi connectivity index (χ0) is 15.5. The molecule has 1 amide bonds. The summed E-state index contributed by atoms with van der Waals surface area (Å²) >= 11 is 0. The quantitative estimate of drug-likeness (QED) is 0.863. The molecule has 2 heterocycles. The van der Waals surface area contributed by atoms with Gasteiger partial charge in [-0.2, -0.15) is 0 Å². The molecule has 1 aromatic rings. The highest BCUT2D eigenvalue weighted by Gasteiger charge is 2.52. The Morgan fingerprint density at radius 3 is 2.77 bits per heavy atom. The van der Waals surface area contributed by atoms with Crippen molar-refractivity contribution < 1.29 is 13.2 Å². The molecule has 2 atom stereocenters. The van der Waals surface area contributed by atoms with Crippen molar-refractivity contribution in [3.63, 3.8) is 0 Å². The number of fused-ring (bicyclic) bond motifs is 2. The van der Waals surface area contributed by atoms with E-state index in [1.807, 2.05) is 12.1 Å². The van der Waals surface area contributed by atoms with Crippen molar-refractivity contribution in [3.05, 3.63) is 29.3 Å². The van der Waals surface area contributed by atoms with Gasteiger partial charge in [-0.1, -0.05) is 0 Å². The van der Waals surface area contributed by atoms with E-state index in [2.05, 4.69) is 5.32 Å². The third-order valence-electron chi connectivity index (χ3n) is 5.56. The number of amides is 1. The first kappa shape index (κ1) is 14.1. The first-order valence-corrected chi connectivity index (χ1v) is 9.53. The van der Waals surface area contributed by atoms with Crippen LogP contribution < -0.4 is 11.1 Å². The minimum atomic E-state index is -2.97. The molecule has 22 heavy (non-hydrogen) atoms. The molecule has 1 aliphatic carbocycles. The average Bonchev–Trinajstić information content (AvgIpc) is 3.25. The summed E-state index contributed by atoms with van der Waals surface area (Å²) in [5.41, 5.74) is 7.82. The summed E-state index contributed by atoms with van der Waals surface area (Å²) in [5, 5.41) is 3.17. The molecular weight excluding hydrogens is 300 g/mol. The summed E-state index contributed by atoms with van der Waals surface area (Å²) in [6.07, 6.45) is 3.35. The second-order valence-electron chi connectivity index (χ2n) is 6.96. The number of anilines is 1. The van der Waals surface area contributed by atoms with Gasteiger partial charge in [0, 0.05) is 23.2 Å². The van der Waals surface area contributed by atoms with Crippen molar-refractivity contribution in [3.8, 4) is 0 Å². The van der Waals surface area contributed by atoms with Gasteiger partial charge in [0.2, 0.25) is 5.91 Å². The van der Waals surface area contributed by atoms with Crippen molar-refractivity contribution >= 4 is 21.4 Å². The van der Waals surface area contributed by atoms with Gasteiger partial charge in [-0.05, 0) is 55.4 Å². The molecule has 1 saturated heterocycles. The van der Waals surface area contributed by atoms with Crippen LogP contribution in [0, 0.1) is 5.92 Å². The lowest BCUT2D eigenvalue weighted by atomic mass is 9.74. The van der Waals surface area contributed by atoms with Crippen molar-refractivity contribution in [2.24, 2.45) is 11.7 Å². The van der Waals surface area contributed by atoms with E-state index in [0.29, 0.717) is 24.3 Å². The maximum absolute atomic E-state index is 12.4. The fourth-order valence-corrected chi connectivity index (χ4v) is 6.50. The summed E-state index contributed by atoms with van der Waals surface area (Å²) in [5.74, 6) is 0.147. The first-order chi connectivity index (χ1) is 10.4. The Hall–Kier alpha value is -1.56. The summed E-state index contributed by atoms with van der Waals surface area (Å²) in [7, 11) is -2.97. The minimum absolute atomic E-state index is 0.167. The Morgan fingerprint density at radius 1 is 1.32 bits per heavy atom. The van der Waals surface area contributed by atoms with E-state index >= 15 is 0 Å². The number of sulfone groups is 1. The second kappa shape index (κ2) is 4.47. The molecule has 1 aromatic carbocycles. The molecule has 2 fully saturated rings. The van der Waals surface area contributed by atoms with Crippen LogP contribution in [-0.2, 0) is 15.3 Å². The molecular formula is C16H20N2O3S. The van der Waals surface area contributed by atoms with Crippen molar-refractivity contribution in [2.75, 3.05) is 17.6 Å². The topological polar surface area (TPSA) is 89.3 Å². The van der Waals surface area contributed by atoms with Crippen LogP contribution in [0.25, 0.3) is 0 Å². The summed E-state index contributed by atoms with van der Waals surface area (Å²) in [6.45, 7) is 0.753. The van der Waals surface area contributed by atoms with E-state index in [-0.39, 0.29) is 16.4 Å². The number of carbonyl (C=O) groups is 1. The van der Waals surface area contributed by atoms with E-state index < -0.39 is 15.7 Å². The predicted molar refractivity (Wildman–Crippen MR) is 84.7 cm³/mol.